The molecule has 2 aliphatic heterocycles. The van der Waals surface area contributed by atoms with Crippen molar-refractivity contribution in [3.63, 3.8) is 0 Å². The zero-order valence-electron chi connectivity index (χ0n) is 16.2. The summed E-state index contributed by atoms with van der Waals surface area (Å²) in [6.45, 7) is 2.63. The number of rotatable bonds is 6. The van der Waals surface area contributed by atoms with Gasteiger partial charge in [0.1, 0.15) is 6.26 Å². The molecule has 2 aliphatic rings. The second kappa shape index (κ2) is 7.60. The zero-order chi connectivity index (χ0) is 21.4. The molecule has 0 fully saturated rings. The third-order valence-electron chi connectivity index (χ3n) is 4.73. The number of benzene rings is 1. The van der Waals surface area contributed by atoms with Gasteiger partial charge in [-0.1, -0.05) is 12.1 Å². The van der Waals surface area contributed by atoms with E-state index in [1.54, 1.807) is 32.0 Å². The van der Waals surface area contributed by atoms with E-state index in [-0.39, 0.29) is 31.2 Å². The number of ether oxygens (including phenoxy) is 4. The highest BCUT2D eigenvalue weighted by atomic mass is 32.2. The Hall–Kier alpha value is -2.14. The lowest BCUT2D eigenvalue weighted by Gasteiger charge is -2.35. The van der Waals surface area contributed by atoms with Gasteiger partial charge in [0.2, 0.25) is 5.79 Å². The fourth-order valence-corrected chi connectivity index (χ4v) is 4.15. The van der Waals surface area contributed by atoms with E-state index in [9.17, 15) is 21.6 Å². The topological polar surface area (TPSA) is 74.3 Å². The Labute approximate surface area is 167 Å². The van der Waals surface area contributed by atoms with Crippen LogP contribution >= 0.6 is 0 Å². The number of hydrogen-bond donors (Lipinski definition) is 0. The Morgan fingerprint density at radius 2 is 2.03 bits per heavy atom. The smallest absolute Gasteiger partial charge is 0.493 e. The van der Waals surface area contributed by atoms with Gasteiger partial charge >= 0.3 is 15.5 Å². The molecule has 2 heterocycles. The summed E-state index contributed by atoms with van der Waals surface area (Å²) in [5.74, 6) is -0.292. The third-order valence-corrected chi connectivity index (χ3v) is 6.31. The maximum atomic E-state index is 13.2. The molecule has 11 heteroatoms. The first-order valence-electron chi connectivity index (χ1n) is 8.86. The summed E-state index contributed by atoms with van der Waals surface area (Å²) < 4.78 is 85.8. The molecule has 0 radical (unpaired) electrons. The van der Waals surface area contributed by atoms with Gasteiger partial charge in [0.15, 0.2) is 11.5 Å². The van der Waals surface area contributed by atoms with Crippen LogP contribution in [0.2, 0.25) is 0 Å². The molecule has 162 valence electrons. The van der Waals surface area contributed by atoms with E-state index < -0.39 is 27.9 Å². The summed E-state index contributed by atoms with van der Waals surface area (Å²) in [6, 6.07) is 5.24. The molecule has 0 aromatic heterocycles. The van der Waals surface area contributed by atoms with Crippen LogP contribution < -0.4 is 9.47 Å². The number of methoxy groups -OCH3 is 1. The molecule has 0 saturated heterocycles. The molecule has 29 heavy (non-hydrogen) atoms. The van der Waals surface area contributed by atoms with Crippen LogP contribution in [-0.2, 0) is 19.5 Å². The summed E-state index contributed by atoms with van der Waals surface area (Å²) in [5.41, 5.74) is -4.90. The lowest BCUT2D eigenvalue weighted by atomic mass is 9.97. The monoisotopic (exact) mass is 437 g/mol. The molecule has 1 aromatic rings. The fraction of sp³-hybridized carbons (Fsp3) is 0.556. The van der Waals surface area contributed by atoms with Crippen LogP contribution in [0.1, 0.15) is 31.7 Å². The van der Waals surface area contributed by atoms with Crippen LogP contribution in [0, 0.1) is 0 Å². The van der Waals surface area contributed by atoms with Gasteiger partial charge in [0.25, 0.3) is 0 Å². The number of fused-ring (bicyclic) bond motifs is 1. The second-order valence-electron chi connectivity index (χ2n) is 7.11. The van der Waals surface area contributed by atoms with Gasteiger partial charge in [-0.25, -0.2) is 0 Å². The summed E-state index contributed by atoms with van der Waals surface area (Å²) >= 11 is 0. The van der Waals surface area contributed by atoms with Gasteiger partial charge in [-0.2, -0.15) is 21.6 Å². The first-order chi connectivity index (χ1) is 13.5. The second-order valence-corrected chi connectivity index (χ2v) is 8.97. The summed E-state index contributed by atoms with van der Waals surface area (Å²) in [7, 11) is -4.13. The quantitative estimate of drug-likeness (QED) is 0.680. The molecule has 3 rings (SSSR count). The highest BCUT2D eigenvalue weighted by Gasteiger charge is 2.51. The van der Waals surface area contributed by atoms with Gasteiger partial charge in [-0.05, 0) is 12.5 Å². The Morgan fingerprint density at radius 3 is 2.62 bits per heavy atom. The van der Waals surface area contributed by atoms with Crippen LogP contribution in [-0.4, -0.2) is 50.9 Å². The average molecular weight is 437 g/mol. The normalized spacial score (nSPS) is 20.9. The van der Waals surface area contributed by atoms with Crippen molar-refractivity contribution in [1.82, 2.24) is 4.31 Å². The van der Waals surface area contributed by atoms with Gasteiger partial charge in [0, 0.05) is 31.9 Å². The van der Waals surface area contributed by atoms with Crippen molar-refractivity contribution in [2.75, 3.05) is 26.9 Å². The van der Waals surface area contributed by atoms with E-state index in [0.29, 0.717) is 15.8 Å². The van der Waals surface area contributed by atoms with Crippen LogP contribution in [0.3, 0.4) is 0 Å². The van der Waals surface area contributed by atoms with Gasteiger partial charge in [-0.3, -0.25) is 4.31 Å². The van der Waals surface area contributed by atoms with Crippen molar-refractivity contribution in [1.29, 1.82) is 0 Å². The molecule has 0 aliphatic carbocycles. The number of alkyl halides is 3. The Bertz CT molecular complexity index is 897. The van der Waals surface area contributed by atoms with Crippen molar-refractivity contribution >= 4 is 10.0 Å². The van der Waals surface area contributed by atoms with E-state index in [4.69, 9.17) is 18.9 Å². The van der Waals surface area contributed by atoms with Crippen molar-refractivity contribution in [2.45, 2.75) is 37.5 Å². The lowest BCUT2D eigenvalue weighted by Crippen LogP contribution is -2.44. The van der Waals surface area contributed by atoms with E-state index >= 15 is 0 Å². The number of hydrogen-bond acceptors (Lipinski definition) is 6. The van der Waals surface area contributed by atoms with E-state index in [2.05, 4.69) is 0 Å². The van der Waals surface area contributed by atoms with Crippen molar-refractivity contribution in [3.8, 4) is 11.5 Å². The largest absolute Gasteiger partial charge is 0.516 e. The van der Waals surface area contributed by atoms with E-state index in [0.717, 1.165) is 11.8 Å². The van der Waals surface area contributed by atoms with Crippen LogP contribution in [0.4, 0.5) is 13.2 Å². The number of halogens is 3. The number of para-hydroxylation sites is 1. The van der Waals surface area contributed by atoms with Gasteiger partial charge in [-0.15, -0.1) is 0 Å². The molecule has 0 spiro atoms. The molecule has 0 bridgehead atoms. The van der Waals surface area contributed by atoms with E-state index in [1.807, 2.05) is 0 Å². The fourth-order valence-electron chi connectivity index (χ4n) is 3.15. The molecule has 1 atom stereocenters. The lowest BCUT2D eigenvalue weighted by molar-refractivity contribution is -0.192. The Balaban J connectivity index is 1.84. The number of sulfonamides is 1. The Kier molecular flexibility index (Phi) is 5.65. The first-order valence-corrected chi connectivity index (χ1v) is 10.3. The first kappa shape index (κ1) is 21.6. The van der Waals surface area contributed by atoms with Crippen LogP contribution in [0.25, 0.3) is 0 Å². The van der Waals surface area contributed by atoms with Crippen molar-refractivity contribution in [3.05, 3.63) is 35.7 Å². The predicted molar refractivity (Wildman–Crippen MR) is 96.7 cm³/mol. The summed E-state index contributed by atoms with van der Waals surface area (Å²) in [5, 5.41) is 0. The molecule has 0 saturated carbocycles. The highest BCUT2D eigenvalue weighted by Crippen LogP contribution is 2.43. The van der Waals surface area contributed by atoms with Gasteiger partial charge < -0.3 is 18.9 Å². The van der Waals surface area contributed by atoms with Crippen molar-refractivity contribution < 1.29 is 40.5 Å². The number of nitrogens with zero attached hydrogens (tertiary/aromatic N) is 1. The zero-order valence-corrected chi connectivity index (χ0v) is 17.0. The van der Waals surface area contributed by atoms with Crippen LogP contribution in [0.15, 0.2) is 30.2 Å². The minimum absolute atomic E-state index is 0.107. The summed E-state index contributed by atoms with van der Waals surface area (Å²) in [4.78, 5) is 0. The van der Waals surface area contributed by atoms with Crippen LogP contribution in [0.5, 0.6) is 11.5 Å². The Morgan fingerprint density at radius 1 is 1.31 bits per heavy atom. The summed E-state index contributed by atoms with van der Waals surface area (Å²) in [6.07, 6.45) is 1.12. The molecule has 0 amide bonds. The maximum absolute atomic E-state index is 13.2. The SMILES string of the molecule is COc1cccc2c1OCC2CCN(C1=COC(C)(C)OC1)S(=O)(=O)C(F)(F)F. The standard InChI is InChI=1S/C18H22F3NO6S/c1-17(2)27-10-13(11-28-17)22(29(23,24)18(19,20)21)8-7-12-9-26-16-14(12)5-4-6-15(16)25-3/h4-6,10,12H,7-9,11H2,1-3H3. The third kappa shape index (κ3) is 4.25. The molecular weight excluding hydrogens is 415 g/mol. The minimum Gasteiger partial charge on any atom is -0.493 e. The molecule has 0 N–H and O–H groups in total. The molecule has 7 nitrogen and oxygen atoms in total. The van der Waals surface area contributed by atoms with Crippen molar-refractivity contribution in [2.24, 2.45) is 0 Å². The molecule has 1 aromatic carbocycles. The predicted octanol–water partition coefficient (Wildman–Crippen LogP) is 3.34. The molecular formula is C18H22F3NO6S. The maximum Gasteiger partial charge on any atom is 0.516 e. The van der Waals surface area contributed by atoms with E-state index in [1.165, 1.54) is 7.11 Å². The average Bonchev–Trinajstić information content (AvgIpc) is 3.05. The van der Waals surface area contributed by atoms with Gasteiger partial charge in [0.05, 0.1) is 26.0 Å². The highest BCUT2D eigenvalue weighted by molar-refractivity contribution is 7.90. The minimum atomic E-state index is -5.62. The molecule has 1 unspecified atom stereocenters.